The van der Waals surface area contributed by atoms with E-state index in [9.17, 15) is 9.59 Å². The SMILES string of the molecule is C=CCOC(=O)C1=C(C)N=C2SC=C(CC(=O)NCc3ccccc3)N2[C@H]1c1cc(OC)ccc1OC. The van der Waals surface area contributed by atoms with E-state index in [4.69, 9.17) is 14.2 Å². The number of carbonyl (C=O) groups is 2. The Morgan fingerprint density at radius 3 is 2.65 bits per heavy atom. The number of amidine groups is 1. The van der Waals surface area contributed by atoms with Crippen LogP contribution in [0.5, 0.6) is 11.5 Å². The van der Waals surface area contributed by atoms with Crippen LogP contribution >= 0.6 is 11.8 Å². The van der Waals surface area contributed by atoms with Crippen molar-refractivity contribution in [3.8, 4) is 11.5 Å². The number of aliphatic imine (C=N–C) groups is 1. The van der Waals surface area contributed by atoms with Crippen molar-refractivity contribution < 1.29 is 23.8 Å². The summed E-state index contributed by atoms with van der Waals surface area (Å²) in [4.78, 5) is 32.8. The average Bonchev–Trinajstić information content (AvgIpc) is 3.31. The Bertz CT molecular complexity index is 1290. The summed E-state index contributed by atoms with van der Waals surface area (Å²) in [6.45, 7) is 5.90. The number of ether oxygens (including phenoxy) is 3. The minimum absolute atomic E-state index is 0.0630. The first kappa shape index (κ1) is 26.1. The molecular weight excluding hydrogens is 490 g/mol. The predicted molar refractivity (Wildman–Crippen MR) is 144 cm³/mol. The number of nitrogens with zero attached hydrogens (tertiary/aromatic N) is 2. The third-order valence-electron chi connectivity index (χ3n) is 5.96. The third kappa shape index (κ3) is 5.72. The molecule has 2 heterocycles. The smallest absolute Gasteiger partial charge is 0.338 e. The second kappa shape index (κ2) is 11.8. The van der Waals surface area contributed by atoms with Crippen LogP contribution in [0.3, 0.4) is 0 Å². The highest BCUT2D eigenvalue weighted by atomic mass is 32.2. The fourth-order valence-electron chi connectivity index (χ4n) is 4.21. The summed E-state index contributed by atoms with van der Waals surface area (Å²) in [7, 11) is 3.15. The molecule has 0 aromatic heterocycles. The number of hydrogen-bond donors (Lipinski definition) is 1. The van der Waals surface area contributed by atoms with Gasteiger partial charge in [0.2, 0.25) is 5.91 Å². The molecule has 0 fully saturated rings. The maximum Gasteiger partial charge on any atom is 0.338 e. The van der Waals surface area contributed by atoms with Crippen molar-refractivity contribution >= 4 is 28.8 Å². The van der Waals surface area contributed by atoms with E-state index in [1.54, 1.807) is 33.3 Å². The summed E-state index contributed by atoms with van der Waals surface area (Å²) in [6, 6.07) is 14.5. The Balaban J connectivity index is 1.69. The molecule has 1 amide bonds. The van der Waals surface area contributed by atoms with Crippen LogP contribution < -0.4 is 14.8 Å². The molecular formula is C28H29N3O5S. The molecule has 0 aliphatic carbocycles. The van der Waals surface area contributed by atoms with Gasteiger partial charge in [-0.05, 0) is 36.1 Å². The summed E-state index contributed by atoms with van der Waals surface area (Å²) < 4.78 is 16.6. The fraction of sp³-hybridized carbons (Fsp3) is 0.250. The van der Waals surface area contributed by atoms with Gasteiger partial charge in [-0.25, -0.2) is 9.79 Å². The molecule has 4 rings (SSSR count). The first-order valence-corrected chi connectivity index (χ1v) is 12.6. The molecule has 0 saturated carbocycles. The highest BCUT2D eigenvalue weighted by Crippen LogP contribution is 2.47. The quantitative estimate of drug-likeness (QED) is 0.359. The molecule has 0 unspecified atom stereocenters. The van der Waals surface area contributed by atoms with Gasteiger partial charge >= 0.3 is 5.97 Å². The Kier molecular flexibility index (Phi) is 8.35. The molecule has 0 radical (unpaired) electrons. The van der Waals surface area contributed by atoms with Gasteiger partial charge in [0, 0.05) is 17.8 Å². The molecule has 2 aliphatic rings. The maximum absolute atomic E-state index is 13.3. The zero-order valence-electron chi connectivity index (χ0n) is 21.0. The number of amides is 1. The summed E-state index contributed by atoms with van der Waals surface area (Å²) >= 11 is 1.41. The van der Waals surface area contributed by atoms with E-state index in [2.05, 4.69) is 16.9 Å². The molecule has 8 nitrogen and oxygen atoms in total. The molecule has 37 heavy (non-hydrogen) atoms. The molecule has 2 aromatic rings. The summed E-state index contributed by atoms with van der Waals surface area (Å²) in [6.07, 6.45) is 1.62. The van der Waals surface area contributed by atoms with Crippen LogP contribution in [0.4, 0.5) is 0 Å². The first-order valence-electron chi connectivity index (χ1n) is 11.7. The lowest BCUT2D eigenvalue weighted by atomic mass is 9.92. The lowest BCUT2D eigenvalue weighted by Gasteiger charge is -2.36. The molecule has 0 saturated heterocycles. The molecule has 1 N–H and O–H groups in total. The van der Waals surface area contributed by atoms with E-state index in [0.717, 1.165) is 5.56 Å². The van der Waals surface area contributed by atoms with Crippen molar-refractivity contribution in [3.05, 3.63) is 94.7 Å². The van der Waals surface area contributed by atoms with Gasteiger partial charge in [-0.15, -0.1) is 0 Å². The number of allylic oxidation sites excluding steroid dienone is 1. The zero-order chi connectivity index (χ0) is 26.4. The van der Waals surface area contributed by atoms with E-state index in [-0.39, 0.29) is 18.9 Å². The minimum Gasteiger partial charge on any atom is -0.497 e. The number of fused-ring (bicyclic) bond motifs is 1. The fourth-order valence-corrected chi connectivity index (χ4v) is 5.18. The van der Waals surface area contributed by atoms with Gasteiger partial charge in [0.05, 0.1) is 38.0 Å². The van der Waals surface area contributed by atoms with Crippen LogP contribution in [0, 0.1) is 0 Å². The van der Waals surface area contributed by atoms with Crippen molar-refractivity contribution in [2.75, 3.05) is 20.8 Å². The lowest BCUT2D eigenvalue weighted by molar-refractivity contribution is -0.138. The monoisotopic (exact) mass is 519 g/mol. The first-order chi connectivity index (χ1) is 18.0. The zero-order valence-corrected chi connectivity index (χ0v) is 21.8. The van der Waals surface area contributed by atoms with Gasteiger partial charge in [0.15, 0.2) is 5.17 Å². The largest absolute Gasteiger partial charge is 0.497 e. The van der Waals surface area contributed by atoms with Crippen LogP contribution in [0.15, 0.2) is 88.6 Å². The van der Waals surface area contributed by atoms with E-state index >= 15 is 0 Å². The third-order valence-corrected chi connectivity index (χ3v) is 6.85. The highest BCUT2D eigenvalue weighted by Gasteiger charge is 2.42. The second-order valence-electron chi connectivity index (χ2n) is 8.33. The molecule has 2 aliphatic heterocycles. The van der Waals surface area contributed by atoms with Gasteiger partial charge in [0.25, 0.3) is 0 Å². The van der Waals surface area contributed by atoms with Gasteiger partial charge in [-0.3, -0.25) is 4.79 Å². The van der Waals surface area contributed by atoms with E-state index in [0.29, 0.717) is 45.7 Å². The van der Waals surface area contributed by atoms with E-state index < -0.39 is 12.0 Å². The van der Waals surface area contributed by atoms with E-state index in [1.807, 2.05) is 46.7 Å². The van der Waals surface area contributed by atoms with E-state index in [1.165, 1.54) is 17.8 Å². The van der Waals surface area contributed by atoms with Gasteiger partial charge in [0.1, 0.15) is 18.1 Å². The van der Waals surface area contributed by atoms with Crippen molar-refractivity contribution in [1.29, 1.82) is 0 Å². The normalized spacial score (nSPS) is 16.4. The molecule has 2 aromatic carbocycles. The second-order valence-corrected chi connectivity index (χ2v) is 9.16. The molecule has 0 bridgehead atoms. The molecule has 0 spiro atoms. The van der Waals surface area contributed by atoms with Crippen LogP contribution in [-0.4, -0.2) is 42.8 Å². The lowest BCUT2D eigenvalue weighted by Crippen LogP contribution is -2.38. The van der Waals surface area contributed by atoms with Crippen LogP contribution in [-0.2, 0) is 20.9 Å². The summed E-state index contributed by atoms with van der Waals surface area (Å²) in [5.74, 6) is 0.517. The minimum atomic E-state index is -0.641. The highest BCUT2D eigenvalue weighted by molar-refractivity contribution is 8.16. The Labute approximate surface area is 220 Å². The van der Waals surface area contributed by atoms with Crippen molar-refractivity contribution in [2.24, 2.45) is 4.99 Å². The van der Waals surface area contributed by atoms with Gasteiger partial charge < -0.3 is 24.4 Å². The topological polar surface area (TPSA) is 89.5 Å². The standard InChI is InChI=1S/C28H29N3O5S/c1-5-13-36-27(33)25-18(2)30-28-31(26(25)22-15-21(34-3)11-12-23(22)35-4)20(17-37-28)14-24(32)29-16-19-9-7-6-8-10-19/h5-12,15,17,26H,1,13-14,16H2,2-4H3,(H,29,32)/t26-/m0/s1. The van der Waals surface area contributed by atoms with Crippen LogP contribution in [0.2, 0.25) is 0 Å². The Morgan fingerprint density at radius 1 is 1.16 bits per heavy atom. The van der Waals surface area contributed by atoms with Crippen LogP contribution in [0.1, 0.15) is 30.5 Å². The number of nitrogens with one attached hydrogen (secondary N) is 1. The van der Waals surface area contributed by atoms with Crippen molar-refractivity contribution in [2.45, 2.75) is 25.9 Å². The summed E-state index contributed by atoms with van der Waals surface area (Å²) in [5, 5.41) is 5.53. The van der Waals surface area contributed by atoms with Crippen LogP contribution in [0.25, 0.3) is 0 Å². The Morgan fingerprint density at radius 2 is 1.95 bits per heavy atom. The number of benzene rings is 2. The molecule has 9 heteroatoms. The van der Waals surface area contributed by atoms with Crippen molar-refractivity contribution in [3.63, 3.8) is 0 Å². The Hall–Kier alpha value is -3.98. The number of rotatable bonds is 10. The summed E-state index contributed by atoms with van der Waals surface area (Å²) in [5.41, 5.74) is 3.31. The number of methoxy groups -OCH3 is 2. The average molecular weight is 520 g/mol. The number of thioether (sulfide) groups is 1. The number of hydrogen-bond acceptors (Lipinski definition) is 8. The number of esters is 1. The van der Waals surface area contributed by atoms with Gasteiger partial charge in [-0.2, -0.15) is 0 Å². The predicted octanol–water partition coefficient (Wildman–Crippen LogP) is 4.71. The van der Waals surface area contributed by atoms with Gasteiger partial charge in [-0.1, -0.05) is 54.7 Å². The molecule has 1 atom stereocenters. The maximum atomic E-state index is 13.3. The number of carbonyl (C=O) groups excluding carboxylic acids is 2. The molecule has 192 valence electrons. The van der Waals surface area contributed by atoms with Crippen molar-refractivity contribution in [1.82, 2.24) is 10.2 Å².